The minimum atomic E-state index is -0.676. The van der Waals surface area contributed by atoms with Gasteiger partial charge >= 0.3 is 5.69 Å². The molecule has 4 rings (SSSR count). The highest BCUT2D eigenvalue weighted by molar-refractivity contribution is 6.03. The van der Waals surface area contributed by atoms with E-state index in [1.807, 2.05) is 6.07 Å². The summed E-state index contributed by atoms with van der Waals surface area (Å²) in [7, 11) is 0. The predicted octanol–water partition coefficient (Wildman–Crippen LogP) is 1.57. The summed E-state index contributed by atoms with van der Waals surface area (Å²) in [4.78, 5) is 39.7. The normalized spacial score (nSPS) is 12.0. The molecule has 0 spiro atoms. The van der Waals surface area contributed by atoms with Gasteiger partial charge in [0.05, 0.1) is 6.54 Å². The maximum atomic E-state index is 12.7. The first-order valence-electron chi connectivity index (χ1n) is 8.19. The van der Waals surface area contributed by atoms with E-state index in [1.165, 1.54) is 0 Å². The van der Waals surface area contributed by atoms with E-state index >= 15 is 0 Å². The number of amides is 1. The Bertz CT molecular complexity index is 1120. The number of hydrogen-bond donors (Lipinski definition) is 2. The molecule has 0 saturated heterocycles. The lowest BCUT2D eigenvalue weighted by Gasteiger charge is -2.09. The van der Waals surface area contributed by atoms with Gasteiger partial charge in [-0.15, -0.1) is 0 Å². The van der Waals surface area contributed by atoms with Crippen molar-refractivity contribution in [2.24, 2.45) is 0 Å². The van der Waals surface area contributed by atoms with Gasteiger partial charge in [0.1, 0.15) is 5.56 Å². The van der Waals surface area contributed by atoms with Crippen molar-refractivity contribution in [1.82, 2.24) is 9.55 Å². The Morgan fingerprint density at radius 1 is 1.07 bits per heavy atom. The summed E-state index contributed by atoms with van der Waals surface area (Å²) in [5.74, 6) is 0.563. The van der Waals surface area contributed by atoms with Gasteiger partial charge in [0.25, 0.3) is 11.5 Å². The third-order valence-electron chi connectivity index (χ3n) is 4.11. The van der Waals surface area contributed by atoms with Gasteiger partial charge in [0.15, 0.2) is 11.5 Å². The SMILES string of the molecule is O=C(Nc1ccccc1)c1c[nH]c(=O)n(Cc2ccc3c(c2)OCO3)c1=O. The van der Waals surface area contributed by atoms with Crippen LogP contribution < -0.4 is 26.0 Å². The molecule has 2 heterocycles. The van der Waals surface area contributed by atoms with Crippen LogP contribution in [-0.2, 0) is 6.54 Å². The fourth-order valence-electron chi connectivity index (χ4n) is 2.76. The highest BCUT2D eigenvalue weighted by atomic mass is 16.7. The summed E-state index contributed by atoms with van der Waals surface area (Å²) in [6.45, 7) is 0.131. The average molecular weight is 365 g/mol. The highest BCUT2D eigenvalue weighted by Crippen LogP contribution is 2.32. The number of ether oxygens (including phenoxy) is 2. The zero-order valence-electron chi connectivity index (χ0n) is 14.1. The van der Waals surface area contributed by atoms with E-state index in [0.29, 0.717) is 22.7 Å². The van der Waals surface area contributed by atoms with Crippen LogP contribution in [0.15, 0.2) is 64.3 Å². The lowest BCUT2D eigenvalue weighted by molar-refractivity contribution is 0.102. The Labute approximate surface area is 153 Å². The highest BCUT2D eigenvalue weighted by Gasteiger charge is 2.17. The van der Waals surface area contributed by atoms with Crippen LogP contribution in [0.1, 0.15) is 15.9 Å². The molecule has 0 radical (unpaired) electrons. The van der Waals surface area contributed by atoms with Gasteiger partial charge in [0, 0.05) is 11.9 Å². The number of carbonyl (C=O) groups excluding carboxylic acids is 1. The lowest BCUT2D eigenvalue weighted by atomic mass is 10.2. The molecule has 0 unspecified atom stereocenters. The molecule has 0 bridgehead atoms. The van der Waals surface area contributed by atoms with Gasteiger partial charge in [-0.25, -0.2) is 4.79 Å². The number of nitrogens with one attached hydrogen (secondary N) is 2. The minimum Gasteiger partial charge on any atom is -0.454 e. The Morgan fingerprint density at radius 3 is 2.67 bits per heavy atom. The summed E-state index contributed by atoms with van der Waals surface area (Å²) >= 11 is 0. The molecule has 2 N–H and O–H groups in total. The number of fused-ring (bicyclic) bond motifs is 1. The lowest BCUT2D eigenvalue weighted by Crippen LogP contribution is -2.39. The Kier molecular flexibility index (Phi) is 4.21. The number of nitrogens with zero attached hydrogens (tertiary/aromatic N) is 1. The van der Waals surface area contributed by atoms with Crippen LogP contribution in [0.4, 0.5) is 5.69 Å². The van der Waals surface area contributed by atoms with Crippen LogP contribution in [0.25, 0.3) is 0 Å². The van der Waals surface area contributed by atoms with Crippen LogP contribution in [0.2, 0.25) is 0 Å². The molecule has 0 aliphatic carbocycles. The van der Waals surface area contributed by atoms with E-state index in [2.05, 4.69) is 10.3 Å². The molecule has 0 atom stereocenters. The Hall–Kier alpha value is -3.81. The molecule has 1 aliphatic rings. The maximum Gasteiger partial charge on any atom is 0.328 e. The average Bonchev–Trinajstić information content (AvgIpc) is 3.13. The summed E-state index contributed by atoms with van der Waals surface area (Å²) in [6, 6.07) is 13.9. The fraction of sp³-hybridized carbons (Fsp3) is 0.105. The van der Waals surface area contributed by atoms with Gasteiger partial charge in [-0.3, -0.25) is 14.2 Å². The third kappa shape index (κ3) is 3.32. The van der Waals surface area contributed by atoms with Crippen LogP contribution in [0, 0.1) is 0 Å². The van der Waals surface area contributed by atoms with Crippen molar-refractivity contribution in [2.45, 2.75) is 6.54 Å². The van der Waals surface area contributed by atoms with Crippen molar-refractivity contribution >= 4 is 11.6 Å². The molecule has 0 fully saturated rings. The Morgan fingerprint density at radius 2 is 1.85 bits per heavy atom. The molecule has 27 heavy (non-hydrogen) atoms. The summed E-state index contributed by atoms with van der Waals surface area (Å²) in [5, 5.41) is 2.63. The van der Waals surface area contributed by atoms with Gasteiger partial charge < -0.3 is 19.8 Å². The molecule has 136 valence electrons. The summed E-state index contributed by atoms with van der Waals surface area (Å²) < 4.78 is 11.5. The number of anilines is 1. The van der Waals surface area contributed by atoms with E-state index in [4.69, 9.17) is 9.47 Å². The van der Waals surface area contributed by atoms with Crippen molar-refractivity contribution in [1.29, 1.82) is 0 Å². The first-order chi connectivity index (χ1) is 13.1. The van der Waals surface area contributed by atoms with Crippen LogP contribution >= 0.6 is 0 Å². The van der Waals surface area contributed by atoms with Crippen molar-refractivity contribution < 1.29 is 14.3 Å². The molecule has 1 aromatic heterocycles. The number of carbonyl (C=O) groups is 1. The second kappa shape index (κ2) is 6.83. The molecule has 2 aromatic carbocycles. The number of rotatable bonds is 4. The topological polar surface area (TPSA) is 102 Å². The maximum absolute atomic E-state index is 12.7. The molecule has 3 aromatic rings. The van der Waals surface area contributed by atoms with E-state index in [1.54, 1.807) is 42.5 Å². The number of H-pyrrole nitrogens is 1. The largest absolute Gasteiger partial charge is 0.454 e. The monoisotopic (exact) mass is 365 g/mol. The van der Waals surface area contributed by atoms with Crippen molar-refractivity contribution in [3.8, 4) is 11.5 Å². The van der Waals surface area contributed by atoms with Crippen molar-refractivity contribution in [3.05, 3.63) is 86.7 Å². The number of para-hydroxylation sites is 1. The van der Waals surface area contributed by atoms with Gasteiger partial charge in [0.2, 0.25) is 6.79 Å². The molecule has 8 nitrogen and oxygen atoms in total. The van der Waals surface area contributed by atoms with Gasteiger partial charge in [-0.2, -0.15) is 0 Å². The number of hydrogen-bond acceptors (Lipinski definition) is 5. The van der Waals surface area contributed by atoms with Gasteiger partial charge in [-0.05, 0) is 29.8 Å². The zero-order chi connectivity index (χ0) is 18.8. The fourth-order valence-corrected chi connectivity index (χ4v) is 2.76. The van der Waals surface area contributed by atoms with E-state index in [0.717, 1.165) is 10.8 Å². The summed E-state index contributed by atoms with van der Waals surface area (Å²) in [6.07, 6.45) is 1.12. The molecule has 8 heteroatoms. The zero-order valence-corrected chi connectivity index (χ0v) is 14.1. The van der Waals surface area contributed by atoms with Gasteiger partial charge in [-0.1, -0.05) is 24.3 Å². The summed E-state index contributed by atoms with van der Waals surface area (Å²) in [5.41, 5.74) is -0.208. The third-order valence-corrected chi connectivity index (χ3v) is 4.11. The minimum absolute atomic E-state index is 0.00271. The quantitative estimate of drug-likeness (QED) is 0.731. The van der Waals surface area contributed by atoms with Crippen LogP contribution in [0.5, 0.6) is 11.5 Å². The van der Waals surface area contributed by atoms with E-state index in [9.17, 15) is 14.4 Å². The molecule has 0 saturated carbocycles. The van der Waals surface area contributed by atoms with Crippen molar-refractivity contribution in [3.63, 3.8) is 0 Å². The number of benzene rings is 2. The Balaban J connectivity index is 1.64. The molecule has 1 amide bonds. The second-order valence-corrected chi connectivity index (χ2v) is 5.91. The predicted molar refractivity (Wildman–Crippen MR) is 97.4 cm³/mol. The molecular formula is C19H15N3O5. The first-order valence-corrected chi connectivity index (χ1v) is 8.19. The first kappa shape index (κ1) is 16.6. The van der Waals surface area contributed by atoms with E-state index < -0.39 is 17.2 Å². The van der Waals surface area contributed by atoms with Crippen LogP contribution in [0.3, 0.4) is 0 Å². The molecule has 1 aliphatic heterocycles. The van der Waals surface area contributed by atoms with Crippen LogP contribution in [-0.4, -0.2) is 22.3 Å². The number of aromatic nitrogens is 2. The molecular weight excluding hydrogens is 350 g/mol. The van der Waals surface area contributed by atoms with E-state index in [-0.39, 0.29) is 18.9 Å². The standard InChI is InChI=1S/C19H15N3O5/c23-17(21-13-4-2-1-3-5-13)14-9-20-19(25)22(18(14)24)10-12-6-7-15-16(8-12)27-11-26-15/h1-9H,10-11H2,(H,20,25)(H,21,23). The smallest absolute Gasteiger partial charge is 0.328 e. The van der Waals surface area contributed by atoms with Crippen molar-refractivity contribution in [2.75, 3.05) is 12.1 Å². The second-order valence-electron chi connectivity index (χ2n) is 5.91. The number of aromatic amines is 1.